The first-order valence-corrected chi connectivity index (χ1v) is 7.44. The Morgan fingerprint density at radius 1 is 1.17 bits per heavy atom. The summed E-state index contributed by atoms with van der Waals surface area (Å²) in [6.45, 7) is 0.936. The number of benzene rings is 2. The molecule has 0 radical (unpaired) electrons. The van der Waals surface area contributed by atoms with E-state index in [1.54, 1.807) is 0 Å². The van der Waals surface area contributed by atoms with E-state index in [1.807, 2.05) is 24.3 Å². The zero-order valence-electron chi connectivity index (χ0n) is 12.3. The van der Waals surface area contributed by atoms with Gasteiger partial charge in [0.05, 0.1) is 11.5 Å². The van der Waals surface area contributed by atoms with E-state index in [4.69, 9.17) is 16.7 Å². The molecular formula is C16H17ClN2O4. The number of aromatic hydroxyl groups is 1. The highest BCUT2D eigenvalue weighted by atomic mass is 35.5. The zero-order chi connectivity index (χ0) is 16.8. The average molecular weight is 337 g/mol. The van der Waals surface area contributed by atoms with Gasteiger partial charge in [-0.15, -0.1) is 0 Å². The van der Waals surface area contributed by atoms with Crippen molar-refractivity contribution in [2.24, 2.45) is 0 Å². The third kappa shape index (κ3) is 4.66. The fourth-order valence-electron chi connectivity index (χ4n) is 2.18. The number of halogens is 1. The number of phenols is 1. The summed E-state index contributed by atoms with van der Waals surface area (Å²) in [4.78, 5) is 10.2. The Hall–Kier alpha value is -2.15. The van der Waals surface area contributed by atoms with Crippen LogP contribution in [0.3, 0.4) is 0 Å². The van der Waals surface area contributed by atoms with E-state index in [1.165, 1.54) is 6.07 Å². The number of rotatable bonds is 7. The smallest absolute Gasteiger partial charge is 0.312 e. The van der Waals surface area contributed by atoms with E-state index in [9.17, 15) is 15.2 Å². The summed E-state index contributed by atoms with van der Waals surface area (Å²) >= 11 is 5.84. The predicted octanol–water partition coefficient (Wildman–Crippen LogP) is 2.78. The van der Waals surface area contributed by atoms with Crippen LogP contribution in [0.1, 0.15) is 16.7 Å². The van der Waals surface area contributed by atoms with Crippen molar-refractivity contribution in [3.05, 3.63) is 68.2 Å². The van der Waals surface area contributed by atoms with Crippen molar-refractivity contribution in [1.82, 2.24) is 5.32 Å². The van der Waals surface area contributed by atoms with Crippen molar-refractivity contribution in [1.29, 1.82) is 0 Å². The standard InChI is InChI=1S/C16H17ClN2O4/c17-14-7-13(16(21)15(8-14)19(22)23)9-18-6-5-11-1-3-12(10-20)4-2-11/h1-4,7-8,18,20-21H,5-6,9-10H2. The van der Waals surface area contributed by atoms with Crippen molar-refractivity contribution >= 4 is 17.3 Å². The van der Waals surface area contributed by atoms with Gasteiger partial charge in [-0.05, 0) is 30.2 Å². The molecule has 23 heavy (non-hydrogen) atoms. The van der Waals surface area contributed by atoms with E-state index in [0.717, 1.165) is 23.6 Å². The largest absolute Gasteiger partial charge is 0.502 e. The number of nitro benzene ring substituents is 1. The van der Waals surface area contributed by atoms with Crippen LogP contribution in [0.4, 0.5) is 5.69 Å². The van der Waals surface area contributed by atoms with Crippen LogP contribution in [0.2, 0.25) is 5.02 Å². The lowest BCUT2D eigenvalue weighted by Gasteiger charge is -2.08. The van der Waals surface area contributed by atoms with Gasteiger partial charge in [0.2, 0.25) is 0 Å². The molecule has 3 N–H and O–H groups in total. The first-order chi connectivity index (χ1) is 11.0. The molecule has 0 aliphatic carbocycles. The van der Waals surface area contributed by atoms with E-state index >= 15 is 0 Å². The van der Waals surface area contributed by atoms with E-state index in [-0.39, 0.29) is 23.9 Å². The maximum absolute atomic E-state index is 10.8. The van der Waals surface area contributed by atoms with Crippen LogP contribution < -0.4 is 5.32 Å². The van der Waals surface area contributed by atoms with Crippen LogP contribution in [-0.4, -0.2) is 21.7 Å². The number of hydrogen-bond acceptors (Lipinski definition) is 5. The summed E-state index contributed by atoms with van der Waals surface area (Å²) < 4.78 is 0. The molecule has 0 spiro atoms. The quantitative estimate of drug-likeness (QED) is 0.410. The monoisotopic (exact) mass is 336 g/mol. The summed E-state index contributed by atoms with van der Waals surface area (Å²) in [7, 11) is 0. The maximum Gasteiger partial charge on any atom is 0.312 e. The molecule has 6 nitrogen and oxygen atoms in total. The van der Waals surface area contributed by atoms with Gasteiger partial charge in [-0.3, -0.25) is 10.1 Å². The third-order valence-corrected chi connectivity index (χ3v) is 3.66. The van der Waals surface area contributed by atoms with Gasteiger partial charge in [0.15, 0.2) is 5.75 Å². The lowest BCUT2D eigenvalue weighted by Crippen LogP contribution is -2.17. The van der Waals surface area contributed by atoms with Crippen LogP contribution in [-0.2, 0) is 19.6 Å². The molecule has 0 atom stereocenters. The number of hydrogen-bond donors (Lipinski definition) is 3. The van der Waals surface area contributed by atoms with Crippen molar-refractivity contribution in [2.45, 2.75) is 19.6 Å². The van der Waals surface area contributed by atoms with Gasteiger partial charge >= 0.3 is 5.69 Å². The normalized spacial score (nSPS) is 10.7. The fourth-order valence-corrected chi connectivity index (χ4v) is 2.42. The van der Waals surface area contributed by atoms with Crippen LogP contribution in [0.5, 0.6) is 5.75 Å². The molecule has 2 aromatic rings. The minimum absolute atomic E-state index is 0.0192. The van der Waals surface area contributed by atoms with Crippen LogP contribution in [0.15, 0.2) is 36.4 Å². The summed E-state index contributed by atoms with van der Waals surface area (Å²) in [5, 5.41) is 33.1. The zero-order valence-corrected chi connectivity index (χ0v) is 13.1. The Bertz CT molecular complexity index is 689. The van der Waals surface area contributed by atoms with Crippen molar-refractivity contribution in [3.63, 3.8) is 0 Å². The SMILES string of the molecule is O=[N+]([O-])c1cc(Cl)cc(CNCCc2ccc(CO)cc2)c1O. The van der Waals surface area contributed by atoms with Gasteiger partial charge < -0.3 is 15.5 Å². The molecule has 2 rings (SSSR count). The lowest BCUT2D eigenvalue weighted by atomic mass is 10.1. The van der Waals surface area contributed by atoms with Crippen molar-refractivity contribution in [3.8, 4) is 5.75 Å². The predicted molar refractivity (Wildman–Crippen MR) is 87.5 cm³/mol. The molecule has 0 amide bonds. The highest BCUT2D eigenvalue weighted by Gasteiger charge is 2.18. The van der Waals surface area contributed by atoms with Crippen LogP contribution in [0.25, 0.3) is 0 Å². The van der Waals surface area contributed by atoms with Gasteiger partial charge in [-0.2, -0.15) is 0 Å². The molecule has 0 fully saturated rings. The van der Waals surface area contributed by atoms with E-state index < -0.39 is 10.6 Å². The van der Waals surface area contributed by atoms with E-state index in [0.29, 0.717) is 12.1 Å². The highest BCUT2D eigenvalue weighted by molar-refractivity contribution is 6.31. The molecule has 0 aliphatic rings. The first kappa shape index (κ1) is 17.2. The second-order valence-electron chi connectivity index (χ2n) is 5.09. The fraction of sp³-hybridized carbons (Fsp3) is 0.250. The molecule has 0 saturated heterocycles. The number of nitrogens with one attached hydrogen (secondary N) is 1. The first-order valence-electron chi connectivity index (χ1n) is 7.06. The number of aliphatic hydroxyl groups is 1. The number of nitro groups is 1. The van der Waals surface area contributed by atoms with Crippen LogP contribution in [0, 0.1) is 10.1 Å². The van der Waals surface area contributed by atoms with E-state index in [2.05, 4.69) is 5.32 Å². The van der Waals surface area contributed by atoms with Crippen molar-refractivity contribution in [2.75, 3.05) is 6.54 Å². The molecule has 0 heterocycles. The average Bonchev–Trinajstić information content (AvgIpc) is 2.54. The molecule has 0 unspecified atom stereocenters. The third-order valence-electron chi connectivity index (χ3n) is 3.44. The molecule has 0 bridgehead atoms. The minimum Gasteiger partial charge on any atom is -0.502 e. The maximum atomic E-state index is 10.8. The molecule has 2 aromatic carbocycles. The van der Waals surface area contributed by atoms with Crippen molar-refractivity contribution < 1.29 is 15.1 Å². The van der Waals surface area contributed by atoms with Crippen LogP contribution >= 0.6 is 11.6 Å². The van der Waals surface area contributed by atoms with Gasteiger partial charge in [-0.25, -0.2) is 0 Å². The molecule has 0 aliphatic heterocycles. The molecule has 122 valence electrons. The second-order valence-corrected chi connectivity index (χ2v) is 5.53. The van der Waals surface area contributed by atoms with Gasteiger partial charge in [0.25, 0.3) is 0 Å². The number of phenolic OH excluding ortho intramolecular Hbond substituents is 1. The topological polar surface area (TPSA) is 95.6 Å². The summed E-state index contributed by atoms with van der Waals surface area (Å²) in [5.74, 6) is -0.362. The Balaban J connectivity index is 1.92. The van der Waals surface area contributed by atoms with Gasteiger partial charge in [0, 0.05) is 23.2 Å². The Labute approximate surface area is 138 Å². The molecular weight excluding hydrogens is 320 g/mol. The Morgan fingerprint density at radius 2 is 1.83 bits per heavy atom. The number of aliphatic hydroxyl groups excluding tert-OH is 1. The lowest BCUT2D eigenvalue weighted by molar-refractivity contribution is -0.385. The molecule has 0 saturated carbocycles. The second kappa shape index (κ2) is 7.92. The minimum atomic E-state index is -0.659. The molecule has 0 aromatic heterocycles. The molecule has 7 heteroatoms. The van der Waals surface area contributed by atoms with Gasteiger partial charge in [0.1, 0.15) is 0 Å². The Kier molecular flexibility index (Phi) is 5.92. The number of nitrogens with zero attached hydrogens (tertiary/aromatic N) is 1. The highest BCUT2D eigenvalue weighted by Crippen LogP contribution is 2.33. The summed E-state index contributed by atoms with van der Waals surface area (Å²) in [5.41, 5.74) is 1.96. The van der Waals surface area contributed by atoms with Gasteiger partial charge in [-0.1, -0.05) is 35.9 Å². The Morgan fingerprint density at radius 3 is 2.43 bits per heavy atom. The summed E-state index contributed by atoms with van der Waals surface area (Å²) in [6, 6.07) is 10.2. The summed E-state index contributed by atoms with van der Waals surface area (Å²) in [6.07, 6.45) is 0.759.